The van der Waals surface area contributed by atoms with Crippen LogP contribution in [0.4, 0.5) is 0 Å². The van der Waals surface area contributed by atoms with Crippen molar-refractivity contribution in [3.8, 4) is 10.8 Å². The van der Waals surface area contributed by atoms with Gasteiger partial charge in [0.05, 0.1) is 11.4 Å². The summed E-state index contributed by atoms with van der Waals surface area (Å²) in [5.74, 6) is 1.76. The van der Waals surface area contributed by atoms with Gasteiger partial charge >= 0.3 is 0 Å². The lowest BCUT2D eigenvalue weighted by atomic mass is 10.4. The average molecular weight is 325 g/mol. The molecule has 0 aliphatic heterocycles. The van der Waals surface area contributed by atoms with Crippen LogP contribution in [0.15, 0.2) is 33.7 Å². The summed E-state index contributed by atoms with van der Waals surface area (Å²) in [6, 6.07) is 7.65. The van der Waals surface area contributed by atoms with Crippen molar-refractivity contribution in [3.05, 3.63) is 40.8 Å². The van der Waals surface area contributed by atoms with Crippen LogP contribution in [0.1, 0.15) is 11.5 Å². The largest absolute Gasteiger partial charge is 0.333 e. The van der Waals surface area contributed by atoms with E-state index in [1.807, 2.05) is 31.2 Å². The Morgan fingerprint density at radius 3 is 2.80 bits per heavy atom. The molecule has 1 aromatic carbocycles. The molecule has 3 aromatic rings. The SMILES string of the molecule is Cc1nnsc1-c1nc(CSc2ccc(Cl)cc2)no1. The first-order chi connectivity index (χ1) is 9.72. The van der Waals surface area contributed by atoms with Crippen molar-refractivity contribution in [2.75, 3.05) is 0 Å². The molecular formula is C12H9ClN4OS2. The summed E-state index contributed by atoms with van der Waals surface area (Å²) in [6.45, 7) is 1.87. The lowest BCUT2D eigenvalue weighted by molar-refractivity contribution is 0.425. The van der Waals surface area contributed by atoms with Crippen LogP contribution in [0.3, 0.4) is 0 Å². The Balaban J connectivity index is 1.69. The number of aryl methyl sites for hydroxylation is 1. The van der Waals surface area contributed by atoms with E-state index in [9.17, 15) is 0 Å². The van der Waals surface area contributed by atoms with Crippen LogP contribution in [0.2, 0.25) is 5.02 Å². The van der Waals surface area contributed by atoms with Crippen LogP contribution in [0.5, 0.6) is 0 Å². The normalized spacial score (nSPS) is 10.9. The van der Waals surface area contributed by atoms with Crippen LogP contribution >= 0.6 is 34.9 Å². The van der Waals surface area contributed by atoms with E-state index >= 15 is 0 Å². The zero-order valence-corrected chi connectivity index (χ0v) is 12.8. The maximum atomic E-state index is 5.84. The van der Waals surface area contributed by atoms with E-state index in [0.29, 0.717) is 17.5 Å². The molecule has 8 heteroatoms. The zero-order chi connectivity index (χ0) is 13.9. The second kappa shape index (κ2) is 5.90. The molecule has 3 rings (SSSR count). The van der Waals surface area contributed by atoms with Crippen molar-refractivity contribution in [1.82, 2.24) is 19.7 Å². The van der Waals surface area contributed by atoms with E-state index in [1.165, 1.54) is 11.5 Å². The molecule has 20 heavy (non-hydrogen) atoms. The summed E-state index contributed by atoms with van der Waals surface area (Å²) >= 11 is 8.72. The fourth-order valence-electron chi connectivity index (χ4n) is 1.51. The van der Waals surface area contributed by atoms with Gasteiger partial charge in [-0.15, -0.1) is 16.9 Å². The van der Waals surface area contributed by atoms with Crippen molar-refractivity contribution in [1.29, 1.82) is 0 Å². The van der Waals surface area contributed by atoms with Gasteiger partial charge in [0.25, 0.3) is 5.89 Å². The standard InChI is InChI=1S/C12H9ClN4OS2/c1-7-11(20-17-15-7)12-14-10(16-18-12)6-19-9-4-2-8(13)3-5-9/h2-5H,6H2,1H3. The van der Waals surface area contributed by atoms with Gasteiger partial charge in [-0.3, -0.25) is 0 Å². The molecule has 0 saturated heterocycles. The Morgan fingerprint density at radius 1 is 1.30 bits per heavy atom. The summed E-state index contributed by atoms with van der Waals surface area (Å²) in [7, 11) is 0. The van der Waals surface area contributed by atoms with Crippen molar-refractivity contribution >= 4 is 34.9 Å². The first kappa shape index (κ1) is 13.5. The monoisotopic (exact) mass is 324 g/mol. The molecule has 0 aliphatic carbocycles. The number of hydrogen-bond donors (Lipinski definition) is 0. The molecule has 102 valence electrons. The minimum absolute atomic E-state index is 0.476. The van der Waals surface area contributed by atoms with Crippen molar-refractivity contribution < 1.29 is 4.52 Å². The molecule has 0 radical (unpaired) electrons. The first-order valence-electron chi connectivity index (χ1n) is 5.72. The third kappa shape index (κ3) is 3.00. The van der Waals surface area contributed by atoms with Gasteiger partial charge in [-0.2, -0.15) is 4.98 Å². The second-order valence-corrected chi connectivity index (χ2v) is 6.19. The summed E-state index contributed by atoms with van der Waals surface area (Å²) in [4.78, 5) is 6.28. The number of hydrogen-bond acceptors (Lipinski definition) is 7. The molecule has 0 unspecified atom stereocenters. The van der Waals surface area contributed by atoms with E-state index in [1.54, 1.807) is 11.8 Å². The van der Waals surface area contributed by atoms with Gasteiger partial charge in [0, 0.05) is 9.92 Å². The maximum absolute atomic E-state index is 5.84. The Bertz CT molecular complexity index is 710. The molecule has 0 saturated carbocycles. The average Bonchev–Trinajstić information content (AvgIpc) is 3.06. The molecule has 2 heterocycles. The Morgan fingerprint density at radius 2 is 2.10 bits per heavy atom. The smallest absolute Gasteiger partial charge is 0.271 e. The number of aromatic nitrogens is 4. The number of halogens is 1. The molecule has 2 aromatic heterocycles. The summed E-state index contributed by atoms with van der Waals surface area (Å²) < 4.78 is 9.09. The van der Waals surface area contributed by atoms with Crippen molar-refractivity contribution in [2.24, 2.45) is 0 Å². The third-order valence-corrected chi connectivity index (χ3v) is 4.57. The fourth-order valence-corrected chi connectivity index (χ4v) is 2.96. The molecule has 0 bridgehead atoms. The van der Waals surface area contributed by atoms with E-state index in [2.05, 4.69) is 19.7 Å². The van der Waals surface area contributed by atoms with Crippen LogP contribution in [-0.4, -0.2) is 19.7 Å². The third-order valence-electron chi connectivity index (χ3n) is 2.50. The molecule has 0 amide bonds. The quantitative estimate of drug-likeness (QED) is 0.679. The van der Waals surface area contributed by atoms with E-state index in [4.69, 9.17) is 16.1 Å². The molecule has 0 N–H and O–H groups in total. The van der Waals surface area contributed by atoms with Gasteiger partial charge in [0.2, 0.25) is 0 Å². The van der Waals surface area contributed by atoms with Crippen LogP contribution in [0, 0.1) is 6.92 Å². The number of benzene rings is 1. The van der Waals surface area contributed by atoms with Crippen molar-refractivity contribution in [2.45, 2.75) is 17.6 Å². The first-order valence-corrected chi connectivity index (χ1v) is 7.86. The molecule has 0 aliphatic rings. The number of thioether (sulfide) groups is 1. The molecular weight excluding hydrogens is 316 g/mol. The predicted octanol–water partition coefficient (Wildman–Crippen LogP) is 3.84. The predicted molar refractivity (Wildman–Crippen MR) is 79.0 cm³/mol. The van der Waals surface area contributed by atoms with Gasteiger partial charge in [-0.25, -0.2) is 0 Å². The van der Waals surface area contributed by atoms with Crippen LogP contribution in [0.25, 0.3) is 10.8 Å². The zero-order valence-electron chi connectivity index (χ0n) is 10.4. The molecule has 5 nitrogen and oxygen atoms in total. The fraction of sp³-hybridized carbons (Fsp3) is 0.167. The highest BCUT2D eigenvalue weighted by Gasteiger charge is 2.14. The highest BCUT2D eigenvalue weighted by atomic mass is 35.5. The van der Waals surface area contributed by atoms with E-state index in [0.717, 1.165) is 20.5 Å². The van der Waals surface area contributed by atoms with Gasteiger partial charge < -0.3 is 4.52 Å². The van der Waals surface area contributed by atoms with Gasteiger partial charge in [0.1, 0.15) is 4.88 Å². The minimum atomic E-state index is 0.476. The molecule has 0 atom stereocenters. The van der Waals surface area contributed by atoms with E-state index in [-0.39, 0.29) is 0 Å². The minimum Gasteiger partial charge on any atom is -0.333 e. The van der Waals surface area contributed by atoms with Crippen LogP contribution in [-0.2, 0) is 5.75 Å². The summed E-state index contributed by atoms with van der Waals surface area (Å²) in [5, 5.41) is 8.62. The highest BCUT2D eigenvalue weighted by Crippen LogP contribution is 2.26. The molecule has 0 spiro atoms. The van der Waals surface area contributed by atoms with Crippen LogP contribution < -0.4 is 0 Å². The van der Waals surface area contributed by atoms with Gasteiger partial charge in [-0.1, -0.05) is 21.2 Å². The summed E-state index contributed by atoms with van der Waals surface area (Å²) in [5.41, 5.74) is 0.801. The molecule has 0 fully saturated rings. The Labute approximate surface area is 128 Å². The maximum Gasteiger partial charge on any atom is 0.271 e. The Hall–Kier alpha value is -1.44. The highest BCUT2D eigenvalue weighted by molar-refractivity contribution is 7.98. The lowest BCUT2D eigenvalue weighted by Crippen LogP contribution is -1.84. The topological polar surface area (TPSA) is 64.7 Å². The van der Waals surface area contributed by atoms with E-state index < -0.39 is 0 Å². The van der Waals surface area contributed by atoms with Gasteiger partial charge in [0.15, 0.2) is 5.82 Å². The van der Waals surface area contributed by atoms with Crippen molar-refractivity contribution in [3.63, 3.8) is 0 Å². The number of rotatable bonds is 4. The summed E-state index contributed by atoms with van der Waals surface area (Å²) in [6.07, 6.45) is 0. The van der Waals surface area contributed by atoms with Gasteiger partial charge in [-0.05, 0) is 42.7 Å². The second-order valence-electron chi connectivity index (χ2n) is 3.95. The lowest BCUT2D eigenvalue weighted by Gasteiger charge is -1.97. The Kier molecular flexibility index (Phi) is 4.00. The number of nitrogens with zero attached hydrogens (tertiary/aromatic N) is 4.